The summed E-state index contributed by atoms with van der Waals surface area (Å²) in [6.07, 6.45) is 5.09. The number of fused-ring (bicyclic) bond motifs is 1. The first kappa shape index (κ1) is 18.3. The Hall–Kier alpha value is -1.46. The minimum atomic E-state index is -1.22. The summed E-state index contributed by atoms with van der Waals surface area (Å²) in [6.45, 7) is 8.05. The van der Waals surface area contributed by atoms with Crippen LogP contribution in [0.15, 0.2) is 23.3 Å². The molecule has 0 spiro atoms. The highest BCUT2D eigenvalue weighted by Crippen LogP contribution is 2.61. The number of carbonyl (C=O) groups excluding carboxylic acids is 2. The number of rotatable bonds is 3. The summed E-state index contributed by atoms with van der Waals surface area (Å²) in [4.78, 5) is 24.1. The normalized spacial score (nSPS) is 40.2. The molecule has 0 bridgehead atoms. The van der Waals surface area contributed by atoms with Gasteiger partial charge in [0.1, 0.15) is 0 Å². The maximum atomic E-state index is 12.8. The van der Waals surface area contributed by atoms with Crippen LogP contribution < -0.4 is 0 Å². The van der Waals surface area contributed by atoms with Crippen LogP contribution in [-0.2, 0) is 14.3 Å². The van der Waals surface area contributed by atoms with Crippen LogP contribution >= 0.6 is 0 Å². The van der Waals surface area contributed by atoms with E-state index < -0.39 is 23.3 Å². The third kappa shape index (κ3) is 2.68. The van der Waals surface area contributed by atoms with Crippen LogP contribution in [0.3, 0.4) is 0 Å². The molecule has 2 aliphatic carbocycles. The highest BCUT2D eigenvalue weighted by atomic mass is 16.6. The molecule has 5 nitrogen and oxygen atoms in total. The van der Waals surface area contributed by atoms with Gasteiger partial charge in [0, 0.05) is 23.0 Å². The fourth-order valence-electron chi connectivity index (χ4n) is 5.52. The van der Waals surface area contributed by atoms with Crippen LogP contribution in [0.4, 0.5) is 0 Å². The molecule has 0 saturated heterocycles. The topological polar surface area (TPSA) is 83.8 Å². The van der Waals surface area contributed by atoms with Gasteiger partial charge in [0.25, 0.3) is 0 Å². The van der Waals surface area contributed by atoms with Gasteiger partial charge in [-0.05, 0) is 49.7 Å². The van der Waals surface area contributed by atoms with Crippen molar-refractivity contribution in [3.63, 3.8) is 0 Å². The summed E-state index contributed by atoms with van der Waals surface area (Å²) in [7, 11) is 0. The molecule has 1 heterocycles. The van der Waals surface area contributed by atoms with Crippen molar-refractivity contribution in [1.29, 1.82) is 0 Å². The van der Waals surface area contributed by atoms with Crippen molar-refractivity contribution in [1.82, 2.24) is 0 Å². The Bertz CT molecular complexity index is 674. The molecule has 0 amide bonds. The summed E-state index contributed by atoms with van der Waals surface area (Å²) in [6, 6.07) is 0. The van der Waals surface area contributed by atoms with Gasteiger partial charge in [-0.3, -0.25) is 4.79 Å². The molecule has 3 aliphatic rings. The molecule has 1 aliphatic heterocycles. The molecule has 0 aromatic rings. The Morgan fingerprint density at radius 1 is 1.20 bits per heavy atom. The van der Waals surface area contributed by atoms with E-state index in [0.29, 0.717) is 24.0 Å². The van der Waals surface area contributed by atoms with Gasteiger partial charge in [-0.2, -0.15) is 0 Å². The van der Waals surface area contributed by atoms with E-state index in [1.807, 2.05) is 13.8 Å². The molecule has 0 radical (unpaired) electrons. The zero-order chi connectivity index (χ0) is 18.6. The minimum absolute atomic E-state index is 0.105. The molecule has 1 fully saturated rings. The lowest BCUT2D eigenvalue weighted by molar-refractivity contribution is -0.164. The highest BCUT2D eigenvalue weighted by Gasteiger charge is 2.61. The first-order valence-electron chi connectivity index (χ1n) is 9.05. The summed E-state index contributed by atoms with van der Waals surface area (Å²) < 4.78 is 4.73. The van der Waals surface area contributed by atoms with Crippen LogP contribution in [0.1, 0.15) is 59.8 Å². The Labute approximate surface area is 148 Å². The standard InChI is InChI=1S/C20H28O5/c1-12-10-14(21)16-18(2,3)7-5-8-19(16,4)20(12,24)9-6-13-11-15(22)25-17(13)23/h10-11,16-17,23-24H,5-9H2,1-4H3/t16-,17?,19-,20+/m0/s1. The van der Waals surface area contributed by atoms with Crippen molar-refractivity contribution in [2.75, 3.05) is 0 Å². The lowest BCUT2D eigenvalue weighted by Crippen LogP contribution is -2.61. The summed E-state index contributed by atoms with van der Waals surface area (Å²) in [5, 5.41) is 21.5. The lowest BCUT2D eigenvalue weighted by atomic mass is 9.46. The molecule has 138 valence electrons. The van der Waals surface area contributed by atoms with Crippen LogP contribution in [0.25, 0.3) is 0 Å². The van der Waals surface area contributed by atoms with E-state index >= 15 is 0 Å². The van der Waals surface area contributed by atoms with Crippen molar-refractivity contribution in [2.45, 2.75) is 71.7 Å². The van der Waals surface area contributed by atoms with Crippen molar-refractivity contribution in [2.24, 2.45) is 16.7 Å². The average Bonchev–Trinajstić information content (AvgIpc) is 2.80. The molecule has 25 heavy (non-hydrogen) atoms. The van der Waals surface area contributed by atoms with E-state index in [2.05, 4.69) is 13.8 Å². The van der Waals surface area contributed by atoms with Crippen molar-refractivity contribution >= 4 is 11.8 Å². The third-order valence-corrected chi connectivity index (χ3v) is 6.80. The second-order valence-corrected chi connectivity index (χ2v) is 8.79. The summed E-state index contributed by atoms with van der Waals surface area (Å²) >= 11 is 0. The molecule has 1 saturated carbocycles. The number of ether oxygens (including phenoxy) is 1. The van der Waals surface area contributed by atoms with E-state index in [1.54, 1.807) is 6.08 Å². The van der Waals surface area contributed by atoms with E-state index in [1.165, 1.54) is 6.08 Å². The third-order valence-electron chi connectivity index (χ3n) is 6.80. The Morgan fingerprint density at radius 3 is 2.48 bits per heavy atom. The van der Waals surface area contributed by atoms with Gasteiger partial charge in [-0.1, -0.05) is 27.2 Å². The van der Waals surface area contributed by atoms with E-state index in [4.69, 9.17) is 4.74 Å². The van der Waals surface area contributed by atoms with Crippen molar-refractivity contribution in [3.8, 4) is 0 Å². The molecular formula is C20H28O5. The molecule has 4 atom stereocenters. The molecule has 0 aromatic carbocycles. The van der Waals surface area contributed by atoms with Crippen LogP contribution in [0.2, 0.25) is 0 Å². The Morgan fingerprint density at radius 2 is 1.88 bits per heavy atom. The fraction of sp³-hybridized carbons (Fsp3) is 0.700. The van der Waals surface area contributed by atoms with Gasteiger partial charge in [0.05, 0.1) is 5.60 Å². The SMILES string of the molecule is CC1=CC(=O)[C@H]2C(C)(C)CCC[C@]2(C)[C@@]1(O)CCC1=CC(=O)OC1O. The number of aliphatic hydroxyl groups is 2. The second-order valence-electron chi connectivity index (χ2n) is 8.79. The van der Waals surface area contributed by atoms with E-state index in [0.717, 1.165) is 19.3 Å². The van der Waals surface area contributed by atoms with E-state index in [-0.39, 0.29) is 17.1 Å². The average molecular weight is 348 g/mol. The Kier molecular flexibility index (Phi) is 4.24. The molecule has 0 aromatic heterocycles. The monoisotopic (exact) mass is 348 g/mol. The second kappa shape index (κ2) is 5.78. The van der Waals surface area contributed by atoms with Gasteiger partial charge in [-0.25, -0.2) is 4.79 Å². The summed E-state index contributed by atoms with van der Waals surface area (Å²) in [5.74, 6) is -0.681. The molecule has 5 heteroatoms. The van der Waals surface area contributed by atoms with E-state index in [9.17, 15) is 19.8 Å². The van der Waals surface area contributed by atoms with Crippen LogP contribution in [0.5, 0.6) is 0 Å². The number of allylic oxidation sites excluding steroid dienone is 1. The van der Waals surface area contributed by atoms with Crippen molar-refractivity contribution in [3.05, 3.63) is 23.3 Å². The van der Waals surface area contributed by atoms with Gasteiger partial charge >= 0.3 is 5.97 Å². The largest absolute Gasteiger partial charge is 0.429 e. The van der Waals surface area contributed by atoms with Crippen LogP contribution in [0, 0.1) is 16.7 Å². The number of aliphatic hydroxyl groups excluding tert-OH is 1. The zero-order valence-corrected chi connectivity index (χ0v) is 15.5. The molecule has 2 N–H and O–H groups in total. The zero-order valence-electron chi connectivity index (χ0n) is 15.5. The predicted octanol–water partition coefficient (Wildman–Crippen LogP) is 2.66. The number of hydrogen-bond donors (Lipinski definition) is 2. The first-order chi connectivity index (χ1) is 11.5. The lowest BCUT2D eigenvalue weighted by Gasteiger charge is -2.59. The molecule has 3 rings (SSSR count). The quantitative estimate of drug-likeness (QED) is 0.766. The maximum Gasteiger partial charge on any atom is 0.333 e. The smallest absolute Gasteiger partial charge is 0.333 e. The maximum absolute atomic E-state index is 12.8. The molecular weight excluding hydrogens is 320 g/mol. The van der Waals surface area contributed by atoms with Gasteiger partial charge in [0.15, 0.2) is 5.78 Å². The first-order valence-corrected chi connectivity index (χ1v) is 9.05. The Balaban J connectivity index is 1.95. The predicted molar refractivity (Wildman–Crippen MR) is 92.4 cm³/mol. The number of hydrogen-bond acceptors (Lipinski definition) is 5. The minimum Gasteiger partial charge on any atom is -0.429 e. The highest BCUT2D eigenvalue weighted by molar-refractivity contribution is 5.95. The van der Waals surface area contributed by atoms with Gasteiger partial charge < -0.3 is 14.9 Å². The number of carbonyl (C=O) groups is 2. The fourth-order valence-corrected chi connectivity index (χ4v) is 5.52. The number of cyclic esters (lactones) is 1. The van der Waals surface area contributed by atoms with Gasteiger partial charge in [-0.15, -0.1) is 0 Å². The number of ketones is 1. The summed E-state index contributed by atoms with van der Waals surface area (Å²) in [5.41, 5.74) is -0.706. The molecule has 1 unspecified atom stereocenters. The number of esters is 1. The van der Waals surface area contributed by atoms with Gasteiger partial charge in [0.2, 0.25) is 6.29 Å². The van der Waals surface area contributed by atoms with Crippen LogP contribution in [-0.4, -0.2) is 33.9 Å². The van der Waals surface area contributed by atoms with Crippen molar-refractivity contribution < 1.29 is 24.5 Å².